The number of ether oxygens (including phenoxy) is 2. The van der Waals surface area contributed by atoms with E-state index in [9.17, 15) is 0 Å². The van der Waals surface area contributed by atoms with E-state index in [1.54, 1.807) is 0 Å². The van der Waals surface area contributed by atoms with Crippen molar-refractivity contribution in [1.29, 1.82) is 0 Å². The standard InChI is InChI=1S/C18H34N4O2.HI/c1-19-17(20-13-16-5-10-24-14-16)21-15-18(6-3-2-4-7-18)22-8-11-23-12-9-22;/h16H,2-15H2,1H3,(H2,19,20,21);1H. The van der Waals surface area contributed by atoms with Gasteiger partial charge in [0.2, 0.25) is 0 Å². The lowest BCUT2D eigenvalue weighted by Gasteiger charge is -2.48. The Kier molecular flexibility index (Phi) is 9.23. The first-order valence-corrected chi connectivity index (χ1v) is 9.67. The van der Waals surface area contributed by atoms with Crippen LogP contribution in [0.2, 0.25) is 0 Å². The normalized spacial score (nSPS) is 27.6. The number of morpholine rings is 1. The second-order valence-corrected chi connectivity index (χ2v) is 7.42. The van der Waals surface area contributed by atoms with E-state index in [2.05, 4.69) is 20.5 Å². The van der Waals surface area contributed by atoms with Crippen LogP contribution in [0.3, 0.4) is 0 Å². The lowest BCUT2D eigenvalue weighted by atomic mass is 9.80. The molecule has 7 heteroatoms. The third-order valence-corrected chi connectivity index (χ3v) is 5.86. The topological polar surface area (TPSA) is 58.1 Å². The second-order valence-electron chi connectivity index (χ2n) is 7.42. The Morgan fingerprint density at radius 3 is 2.48 bits per heavy atom. The summed E-state index contributed by atoms with van der Waals surface area (Å²) in [5.41, 5.74) is 0.274. The van der Waals surface area contributed by atoms with Crippen molar-refractivity contribution in [2.45, 2.75) is 44.1 Å². The zero-order valence-corrected chi connectivity index (χ0v) is 17.9. The minimum Gasteiger partial charge on any atom is -0.381 e. The molecule has 0 amide bonds. The molecule has 2 saturated heterocycles. The van der Waals surface area contributed by atoms with Gasteiger partial charge >= 0.3 is 0 Å². The van der Waals surface area contributed by atoms with E-state index in [4.69, 9.17) is 9.47 Å². The predicted molar refractivity (Wildman–Crippen MR) is 112 cm³/mol. The van der Waals surface area contributed by atoms with E-state index in [0.29, 0.717) is 5.92 Å². The molecule has 1 saturated carbocycles. The maximum absolute atomic E-state index is 5.57. The number of hydrogen-bond donors (Lipinski definition) is 2. The highest BCUT2D eigenvalue weighted by Crippen LogP contribution is 2.33. The van der Waals surface area contributed by atoms with Crippen LogP contribution in [0, 0.1) is 5.92 Å². The van der Waals surface area contributed by atoms with Crippen LogP contribution in [-0.4, -0.2) is 76.1 Å². The largest absolute Gasteiger partial charge is 0.381 e. The van der Waals surface area contributed by atoms with E-state index in [1.807, 2.05) is 7.05 Å². The fourth-order valence-corrected chi connectivity index (χ4v) is 4.31. The van der Waals surface area contributed by atoms with Gasteiger partial charge in [0.05, 0.1) is 19.8 Å². The molecule has 0 bridgehead atoms. The van der Waals surface area contributed by atoms with E-state index >= 15 is 0 Å². The SMILES string of the molecule is CN=C(NCC1CCOC1)NCC1(N2CCOCC2)CCCCC1.I. The number of hydrogen-bond acceptors (Lipinski definition) is 4. The lowest BCUT2D eigenvalue weighted by Crippen LogP contribution is -2.60. The molecule has 2 aliphatic heterocycles. The molecule has 25 heavy (non-hydrogen) atoms. The average Bonchev–Trinajstić information content (AvgIpc) is 3.17. The Bertz CT molecular complexity index is 404. The van der Waals surface area contributed by atoms with Crippen molar-refractivity contribution in [3.8, 4) is 0 Å². The molecular weight excluding hydrogens is 431 g/mol. The van der Waals surface area contributed by atoms with Crippen molar-refractivity contribution < 1.29 is 9.47 Å². The maximum atomic E-state index is 5.57. The molecule has 0 aromatic heterocycles. The molecule has 1 unspecified atom stereocenters. The number of guanidine groups is 1. The maximum Gasteiger partial charge on any atom is 0.191 e. The van der Waals surface area contributed by atoms with E-state index < -0.39 is 0 Å². The van der Waals surface area contributed by atoms with Gasteiger partial charge in [-0.25, -0.2) is 0 Å². The Labute approximate surface area is 169 Å². The molecule has 1 aliphatic carbocycles. The van der Waals surface area contributed by atoms with Gasteiger partial charge in [0.15, 0.2) is 5.96 Å². The van der Waals surface area contributed by atoms with Gasteiger partial charge in [0, 0.05) is 51.3 Å². The summed E-state index contributed by atoms with van der Waals surface area (Å²) >= 11 is 0. The summed E-state index contributed by atoms with van der Waals surface area (Å²) in [6.45, 7) is 7.57. The fourth-order valence-electron chi connectivity index (χ4n) is 4.31. The number of halogens is 1. The minimum absolute atomic E-state index is 0. The third-order valence-electron chi connectivity index (χ3n) is 5.86. The zero-order chi connectivity index (χ0) is 16.7. The summed E-state index contributed by atoms with van der Waals surface area (Å²) in [4.78, 5) is 7.09. The number of aliphatic imine (C=N–C) groups is 1. The van der Waals surface area contributed by atoms with Crippen LogP contribution in [0.5, 0.6) is 0 Å². The van der Waals surface area contributed by atoms with Gasteiger partial charge in [-0.1, -0.05) is 19.3 Å². The molecular formula is C18H35IN4O2. The third kappa shape index (κ3) is 5.94. The highest BCUT2D eigenvalue weighted by molar-refractivity contribution is 14.0. The number of nitrogens with one attached hydrogen (secondary N) is 2. The summed E-state index contributed by atoms with van der Waals surface area (Å²) in [5, 5.41) is 7.10. The molecule has 2 N–H and O–H groups in total. The molecule has 3 fully saturated rings. The van der Waals surface area contributed by atoms with Crippen molar-refractivity contribution in [3.05, 3.63) is 0 Å². The number of rotatable bonds is 5. The monoisotopic (exact) mass is 466 g/mol. The summed E-state index contributed by atoms with van der Waals surface area (Å²) < 4.78 is 11.0. The first-order chi connectivity index (χ1) is 11.8. The van der Waals surface area contributed by atoms with Crippen molar-refractivity contribution in [2.24, 2.45) is 10.9 Å². The van der Waals surface area contributed by atoms with Gasteiger partial charge < -0.3 is 20.1 Å². The van der Waals surface area contributed by atoms with Gasteiger partial charge in [-0.15, -0.1) is 24.0 Å². The van der Waals surface area contributed by atoms with Crippen LogP contribution in [-0.2, 0) is 9.47 Å². The van der Waals surface area contributed by atoms with Crippen molar-refractivity contribution in [2.75, 3.05) is 59.7 Å². The molecule has 1 atom stereocenters. The van der Waals surface area contributed by atoms with Crippen LogP contribution < -0.4 is 10.6 Å². The van der Waals surface area contributed by atoms with Gasteiger partial charge in [0.25, 0.3) is 0 Å². The number of nitrogens with zero attached hydrogens (tertiary/aromatic N) is 2. The minimum atomic E-state index is 0. The summed E-state index contributed by atoms with van der Waals surface area (Å²) in [5.74, 6) is 1.55. The Morgan fingerprint density at radius 1 is 1.08 bits per heavy atom. The van der Waals surface area contributed by atoms with Crippen molar-refractivity contribution >= 4 is 29.9 Å². The Morgan fingerprint density at radius 2 is 1.84 bits per heavy atom. The molecule has 3 rings (SSSR count). The summed E-state index contributed by atoms with van der Waals surface area (Å²) in [7, 11) is 1.86. The predicted octanol–water partition coefficient (Wildman–Crippen LogP) is 1.84. The molecule has 0 spiro atoms. The second kappa shape index (κ2) is 10.9. The first-order valence-electron chi connectivity index (χ1n) is 9.67. The van der Waals surface area contributed by atoms with E-state index in [0.717, 1.165) is 65.0 Å². The quantitative estimate of drug-likeness (QED) is 0.368. The van der Waals surface area contributed by atoms with Gasteiger partial charge in [-0.3, -0.25) is 9.89 Å². The molecule has 0 aromatic carbocycles. The molecule has 6 nitrogen and oxygen atoms in total. The van der Waals surface area contributed by atoms with Crippen LogP contribution in [0.4, 0.5) is 0 Å². The molecule has 0 radical (unpaired) electrons. The Balaban J connectivity index is 0.00000225. The molecule has 0 aromatic rings. The van der Waals surface area contributed by atoms with Gasteiger partial charge in [0.1, 0.15) is 0 Å². The average molecular weight is 466 g/mol. The summed E-state index contributed by atoms with van der Waals surface area (Å²) in [6.07, 6.45) is 7.78. The van der Waals surface area contributed by atoms with Gasteiger partial charge in [-0.2, -0.15) is 0 Å². The van der Waals surface area contributed by atoms with Crippen LogP contribution in [0.1, 0.15) is 38.5 Å². The van der Waals surface area contributed by atoms with Crippen LogP contribution in [0.15, 0.2) is 4.99 Å². The fraction of sp³-hybridized carbons (Fsp3) is 0.944. The van der Waals surface area contributed by atoms with E-state index in [-0.39, 0.29) is 29.5 Å². The lowest BCUT2D eigenvalue weighted by molar-refractivity contribution is -0.0352. The highest BCUT2D eigenvalue weighted by atomic mass is 127. The first kappa shape index (κ1) is 21.2. The Hall–Kier alpha value is -0.120. The molecule has 146 valence electrons. The smallest absolute Gasteiger partial charge is 0.191 e. The molecule has 2 heterocycles. The van der Waals surface area contributed by atoms with Crippen LogP contribution in [0.25, 0.3) is 0 Å². The molecule has 3 aliphatic rings. The zero-order valence-electron chi connectivity index (χ0n) is 15.6. The van der Waals surface area contributed by atoms with Gasteiger partial charge in [-0.05, 0) is 19.3 Å². The van der Waals surface area contributed by atoms with E-state index in [1.165, 1.54) is 32.1 Å². The van der Waals surface area contributed by atoms with Crippen molar-refractivity contribution in [3.63, 3.8) is 0 Å². The highest BCUT2D eigenvalue weighted by Gasteiger charge is 2.38. The summed E-state index contributed by atoms with van der Waals surface area (Å²) in [6, 6.07) is 0. The van der Waals surface area contributed by atoms with Crippen molar-refractivity contribution in [1.82, 2.24) is 15.5 Å². The van der Waals surface area contributed by atoms with Crippen LogP contribution >= 0.6 is 24.0 Å².